The largest absolute Gasteiger partial charge is 0.493 e. The van der Waals surface area contributed by atoms with E-state index in [0.717, 1.165) is 46.5 Å². The quantitative estimate of drug-likeness (QED) is 0.0225. The molecule has 5 rings (SSSR count). The Morgan fingerprint density at radius 3 is 1.54 bits per heavy atom. The monoisotopic (exact) mass is 1140 g/mol. The Morgan fingerprint density at radius 2 is 1.04 bits per heavy atom. The highest BCUT2D eigenvalue weighted by atomic mass is 32.3. The number of benzene rings is 1. The van der Waals surface area contributed by atoms with Crippen LogP contribution in [0, 0.1) is 0 Å². The van der Waals surface area contributed by atoms with Crippen LogP contribution in [0.4, 0.5) is 0 Å². The molecule has 0 aliphatic carbocycles. The van der Waals surface area contributed by atoms with Crippen molar-refractivity contribution in [3.05, 3.63) is 42.0 Å². The van der Waals surface area contributed by atoms with Gasteiger partial charge in [0.15, 0.2) is 25.2 Å². The minimum atomic E-state index is -5.16. The molecule has 0 aromatic heterocycles. The molecule has 20 atom stereocenters. The molecule has 0 radical (unpaired) electrons. The van der Waals surface area contributed by atoms with Crippen LogP contribution in [0.25, 0.3) is 0 Å². The third-order valence-electron chi connectivity index (χ3n) is 13.2. The predicted octanol–water partition coefficient (Wildman–Crippen LogP) is -4.37. The van der Waals surface area contributed by atoms with Crippen molar-refractivity contribution in [1.82, 2.24) is 21.3 Å². The van der Waals surface area contributed by atoms with E-state index in [0.29, 0.717) is 6.42 Å². The smallest absolute Gasteiger partial charge is 0.397 e. The van der Waals surface area contributed by atoms with Crippen LogP contribution in [-0.2, 0) is 62.1 Å². The van der Waals surface area contributed by atoms with Crippen LogP contribution in [0.15, 0.2) is 36.4 Å². The van der Waals surface area contributed by atoms with E-state index >= 15 is 0 Å². The summed E-state index contributed by atoms with van der Waals surface area (Å²) in [6.07, 6.45) is -18.4. The van der Waals surface area contributed by atoms with Crippen molar-refractivity contribution >= 4 is 34.0 Å². The average molecular weight is 1140 g/mol. The number of carbonyl (C=O) groups is 4. The Balaban J connectivity index is 1.36. The Hall–Kier alpha value is -4.13. The number of hydrogen-bond donors (Lipinski definition) is 14. The maximum absolute atomic E-state index is 14.0. The lowest BCUT2D eigenvalue weighted by molar-refractivity contribution is -0.361. The minimum Gasteiger partial charge on any atom is -0.493 e. The number of hydrogen-bond acceptors (Lipinski definition) is 24. The molecule has 444 valence electrons. The summed E-state index contributed by atoms with van der Waals surface area (Å²) in [6, 6.07) is -0.578. The first-order valence-electron chi connectivity index (χ1n) is 25.6. The second-order valence-corrected chi connectivity index (χ2v) is 20.3. The number of unbranched alkanes of at least 4 members (excludes halogenated alkanes) is 5. The third-order valence-corrected chi connectivity index (χ3v) is 13.7. The number of amides is 4. The molecule has 78 heavy (non-hydrogen) atoms. The lowest BCUT2D eigenvalue weighted by Gasteiger charge is -2.51. The van der Waals surface area contributed by atoms with Crippen LogP contribution >= 0.6 is 0 Å². The zero-order chi connectivity index (χ0) is 57.4. The fourth-order valence-electron chi connectivity index (χ4n) is 9.39. The van der Waals surface area contributed by atoms with E-state index < -0.39 is 183 Å². The molecule has 0 spiro atoms. The van der Waals surface area contributed by atoms with Gasteiger partial charge in [-0.05, 0) is 37.8 Å². The van der Waals surface area contributed by atoms with Crippen molar-refractivity contribution in [3.8, 4) is 5.75 Å². The summed E-state index contributed by atoms with van der Waals surface area (Å²) < 4.78 is 84.1. The topological polar surface area (TPSA) is 436 Å². The molecular weight excluding hydrogens is 1060 g/mol. The van der Waals surface area contributed by atoms with E-state index in [-0.39, 0.29) is 17.9 Å². The second kappa shape index (κ2) is 30.6. The molecule has 4 amide bonds. The highest BCUT2D eigenvalue weighted by molar-refractivity contribution is 7.80. The number of para-hydroxylation sites is 1. The zero-order valence-corrected chi connectivity index (χ0v) is 44.3. The number of rotatable bonds is 27. The van der Waals surface area contributed by atoms with Crippen molar-refractivity contribution in [2.75, 3.05) is 33.0 Å². The summed E-state index contributed by atoms with van der Waals surface area (Å²) in [5.41, 5.74) is 0.0212. The highest BCUT2D eigenvalue weighted by Gasteiger charge is 2.56. The molecule has 10 unspecified atom stereocenters. The maximum atomic E-state index is 14.0. The van der Waals surface area contributed by atoms with Crippen molar-refractivity contribution in [3.63, 3.8) is 0 Å². The van der Waals surface area contributed by atoms with Gasteiger partial charge in [0, 0.05) is 20.8 Å². The first kappa shape index (κ1) is 64.7. The summed E-state index contributed by atoms with van der Waals surface area (Å²) in [6.45, 7) is 1.48. The molecule has 0 bridgehead atoms. The van der Waals surface area contributed by atoms with Gasteiger partial charge < -0.3 is 105 Å². The third kappa shape index (κ3) is 17.7. The van der Waals surface area contributed by atoms with E-state index in [1.165, 1.54) is 18.9 Å². The van der Waals surface area contributed by atoms with E-state index in [1.54, 1.807) is 18.2 Å². The summed E-state index contributed by atoms with van der Waals surface area (Å²) in [4.78, 5) is 51.3. The van der Waals surface area contributed by atoms with Crippen molar-refractivity contribution in [1.29, 1.82) is 0 Å². The fraction of sp³-hybridized carbons (Fsp3) is 0.750. The van der Waals surface area contributed by atoms with Crippen molar-refractivity contribution in [2.45, 2.75) is 195 Å². The molecule has 14 N–H and O–H groups in total. The maximum Gasteiger partial charge on any atom is 0.397 e. The molecule has 1 aromatic carbocycles. The van der Waals surface area contributed by atoms with Crippen LogP contribution in [0.1, 0.15) is 83.0 Å². The minimum absolute atomic E-state index is 0.0212. The van der Waals surface area contributed by atoms with Gasteiger partial charge in [0.05, 0.1) is 38.6 Å². The van der Waals surface area contributed by atoms with E-state index in [9.17, 15) is 78.1 Å². The molecule has 30 heteroatoms. The summed E-state index contributed by atoms with van der Waals surface area (Å²) in [5, 5.41) is 109. The van der Waals surface area contributed by atoms with Crippen LogP contribution in [0.3, 0.4) is 0 Å². The Bertz CT molecular complexity index is 2220. The van der Waals surface area contributed by atoms with Gasteiger partial charge in [-0.2, -0.15) is 8.42 Å². The van der Waals surface area contributed by atoms with Crippen LogP contribution in [0.5, 0.6) is 5.75 Å². The van der Waals surface area contributed by atoms with Crippen LogP contribution < -0.4 is 26.0 Å². The van der Waals surface area contributed by atoms with Crippen molar-refractivity contribution in [2.24, 2.45) is 0 Å². The standard InChI is InChI=1S/C48H76N4O25S/c1-5-6-7-8-9-10-11-12-15-18-69-27-17-14-13-16-26(27)44(64)52-33-37(60)36(59)28(19-53)72-46(33)75-41-29(20-54)73-47(34(39(41)62)50-24(3)57)76-42-30(21-55)74-48(35(40(42)63)51-25(4)58)77-43-31(22-70-78(66,67)68)71-45(65)32(38(43)61)49-23(2)56/h10-11,13-14,16-17,28-43,45-48,53-55,59-63,65H,5-9,12,15,18-22H2,1-4H3,(H,49,56)(H,50,57)(H,51,58)(H,52,64)(H,66,67,68)/t28?,29?,30?,31?,32?,33?,34?,35?,36-,37-,38?,39?,40-,41-,42-,43-,45-,46+,47+,48+/m1/s1. The first-order valence-corrected chi connectivity index (χ1v) is 27.0. The van der Waals surface area contributed by atoms with Gasteiger partial charge in [0.25, 0.3) is 5.91 Å². The molecule has 4 heterocycles. The molecule has 4 saturated heterocycles. The lowest BCUT2D eigenvalue weighted by Crippen LogP contribution is -2.71. The van der Waals surface area contributed by atoms with Gasteiger partial charge in [0.1, 0.15) is 103 Å². The molecule has 4 fully saturated rings. The van der Waals surface area contributed by atoms with Gasteiger partial charge >= 0.3 is 10.4 Å². The number of ether oxygens (including phenoxy) is 8. The van der Waals surface area contributed by atoms with Gasteiger partial charge in [-0.1, -0.05) is 50.5 Å². The highest BCUT2D eigenvalue weighted by Crippen LogP contribution is 2.35. The predicted molar refractivity (Wildman–Crippen MR) is 263 cm³/mol. The van der Waals surface area contributed by atoms with Gasteiger partial charge in [0.2, 0.25) is 17.7 Å². The van der Waals surface area contributed by atoms with E-state index in [4.69, 9.17) is 37.9 Å². The molecule has 4 aliphatic heterocycles. The fourth-order valence-corrected chi connectivity index (χ4v) is 9.70. The number of nitrogens with one attached hydrogen (secondary N) is 4. The number of allylic oxidation sites excluding steroid dienone is 2. The van der Waals surface area contributed by atoms with Gasteiger partial charge in [-0.15, -0.1) is 0 Å². The summed E-state index contributed by atoms with van der Waals surface area (Å²) in [7, 11) is -5.16. The Kier molecular flexibility index (Phi) is 25.4. The van der Waals surface area contributed by atoms with Crippen LogP contribution in [-0.4, -0.2) is 238 Å². The first-order chi connectivity index (χ1) is 37.0. The normalized spacial score (nSPS) is 35.4. The molecule has 1 aromatic rings. The summed E-state index contributed by atoms with van der Waals surface area (Å²) >= 11 is 0. The second-order valence-electron chi connectivity index (χ2n) is 19.2. The number of aliphatic hydroxyl groups excluding tert-OH is 9. The number of carbonyl (C=O) groups excluding carboxylic acids is 4. The number of aliphatic hydroxyl groups is 9. The molecule has 0 saturated carbocycles. The van der Waals surface area contributed by atoms with E-state index in [2.05, 4.69) is 44.5 Å². The Morgan fingerprint density at radius 1 is 0.577 bits per heavy atom. The Labute approximate surface area is 450 Å². The SMILES string of the molecule is CCCCCCC=CCCCOc1ccccc1C(=O)NC1[C@H](O[C@@H]2C(CO)O[C@@H](O[C@@H]3C(CO)O[C@@H](O[C@@H]4C(COS(=O)(=O)O)O[C@@H](O)C(NC(C)=O)C4O)C(NC(C)=O)[C@H]3O)C(NC(C)=O)C2O)OC(CO)[C@@H](O)[C@@H]1O. The molecule has 29 nitrogen and oxygen atoms in total. The van der Waals surface area contributed by atoms with Gasteiger partial charge in [-0.25, -0.2) is 4.18 Å². The average Bonchev–Trinajstić information content (AvgIpc) is 3.41. The molecule has 4 aliphatic rings. The van der Waals surface area contributed by atoms with E-state index in [1.807, 2.05) is 0 Å². The van der Waals surface area contributed by atoms with Gasteiger partial charge in [-0.3, -0.25) is 23.7 Å². The zero-order valence-electron chi connectivity index (χ0n) is 43.5. The molecular formula is C48H76N4O25S. The lowest BCUT2D eigenvalue weighted by atomic mass is 9.93. The van der Waals surface area contributed by atoms with Crippen molar-refractivity contribution < 1.29 is 120 Å². The summed E-state index contributed by atoms with van der Waals surface area (Å²) in [5.74, 6) is -3.05. The van der Waals surface area contributed by atoms with Crippen LogP contribution in [0.2, 0.25) is 0 Å².